The molecule has 0 amide bonds. The minimum Gasteiger partial charge on any atom is -0.343 e. The van der Waals surface area contributed by atoms with E-state index in [-0.39, 0.29) is 17.9 Å². The summed E-state index contributed by atoms with van der Waals surface area (Å²) in [6.45, 7) is 7.84. The smallest absolute Gasteiger partial charge is 0.183 e. The molecule has 12 heavy (non-hydrogen) atoms. The van der Waals surface area contributed by atoms with Crippen molar-refractivity contribution in [1.82, 2.24) is 4.81 Å². The molecule has 1 atom stereocenters. The van der Waals surface area contributed by atoms with Gasteiger partial charge < -0.3 is 4.81 Å². The van der Waals surface area contributed by atoms with Crippen molar-refractivity contribution < 1.29 is 4.79 Å². The van der Waals surface area contributed by atoms with Gasteiger partial charge in [-0.3, -0.25) is 4.79 Å². The molecule has 1 unspecified atom stereocenters. The van der Waals surface area contributed by atoms with Crippen molar-refractivity contribution in [3.63, 3.8) is 0 Å². The Hall–Kier alpha value is -0.305. The highest BCUT2D eigenvalue weighted by atomic mass is 16.1. The van der Waals surface area contributed by atoms with Crippen LogP contribution in [0, 0.1) is 0 Å². The van der Waals surface area contributed by atoms with Crippen molar-refractivity contribution in [3.8, 4) is 0 Å². The van der Waals surface area contributed by atoms with Crippen LogP contribution in [0.3, 0.4) is 0 Å². The van der Waals surface area contributed by atoms with Gasteiger partial charge in [0, 0.05) is 6.42 Å². The van der Waals surface area contributed by atoms with E-state index < -0.39 is 0 Å². The van der Waals surface area contributed by atoms with Gasteiger partial charge in [0.05, 0.1) is 6.04 Å². The zero-order valence-electron chi connectivity index (χ0n) is 8.50. The molecule has 0 aromatic rings. The Morgan fingerprint density at radius 1 is 1.42 bits per heavy atom. The lowest BCUT2D eigenvalue weighted by Gasteiger charge is -2.29. The van der Waals surface area contributed by atoms with E-state index in [1.165, 1.54) is 0 Å². The van der Waals surface area contributed by atoms with Crippen LogP contribution in [0.25, 0.3) is 0 Å². The minimum absolute atomic E-state index is 0.102. The van der Waals surface area contributed by atoms with Gasteiger partial charge in [0.15, 0.2) is 7.98 Å². The fourth-order valence-corrected chi connectivity index (χ4v) is 1.20. The molecule has 0 aromatic heterocycles. The van der Waals surface area contributed by atoms with Crippen molar-refractivity contribution in [2.75, 3.05) is 0 Å². The first kappa shape index (κ1) is 11.7. The van der Waals surface area contributed by atoms with Crippen LogP contribution < -0.4 is 0 Å². The van der Waals surface area contributed by atoms with Crippen molar-refractivity contribution in [2.24, 2.45) is 0 Å². The molecule has 0 saturated heterocycles. The maximum Gasteiger partial charge on any atom is 0.183 e. The van der Waals surface area contributed by atoms with Crippen LogP contribution in [0.2, 0.25) is 0 Å². The Kier molecular flexibility index (Phi) is 5.22. The number of Topliss-reactive ketones (excluding diaryl/α,β-unsaturated/α-hetero) is 1. The normalized spacial score (nSPS) is 13.8. The van der Waals surface area contributed by atoms with E-state index in [9.17, 15) is 4.79 Å². The van der Waals surface area contributed by atoms with Gasteiger partial charge in [0.2, 0.25) is 0 Å². The van der Waals surface area contributed by atoms with Crippen molar-refractivity contribution in [2.45, 2.75) is 52.6 Å². The Labute approximate surface area is 76.8 Å². The van der Waals surface area contributed by atoms with Gasteiger partial charge >= 0.3 is 0 Å². The molecule has 0 heterocycles. The molecule has 0 bridgehead atoms. The zero-order chi connectivity index (χ0) is 9.72. The minimum atomic E-state index is -0.102. The quantitative estimate of drug-likeness (QED) is 0.579. The highest BCUT2D eigenvalue weighted by Crippen LogP contribution is 2.08. The summed E-state index contributed by atoms with van der Waals surface area (Å²) >= 11 is 0. The molecule has 3 heteroatoms. The molecule has 2 nitrogen and oxygen atoms in total. The molecule has 0 rings (SSSR count). The van der Waals surface area contributed by atoms with Gasteiger partial charge in [-0.2, -0.15) is 0 Å². The summed E-state index contributed by atoms with van der Waals surface area (Å²) in [6.07, 6.45) is 1.36. The topological polar surface area (TPSA) is 20.3 Å². The Morgan fingerprint density at radius 2 is 1.92 bits per heavy atom. The van der Waals surface area contributed by atoms with Crippen LogP contribution in [-0.4, -0.2) is 30.7 Å². The van der Waals surface area contributed by atoms with Crippen molar-refractivity contribution >= 4 is 13.8 Å². The molecule has 0 saturated carbocycles. The lowest BCUT2D eigenvalue weighted by atomic mass is 10.0. The molecule has 0 N–H and O–H groups in total. The Morgan fingerprint density at radius 3 is 2.17 bits per heavy atom. The fraction of sp³-hybridized carbons (Fsp3) is 0.889. The monoisotopic (exact) mass is 167 g/mol. The van der Waals surface area contributed by atoms with Gasteiger partial charge in [-0.1, -0.05) is 27.7 Å². The van der Waals surface area contributed by atoms with Gasteiger partial charge in [-0.25, -0.2) is 0 Å². The van der Waals surface area contributed by atoms with E-state index in [2.05, 4.69) is 0 Å². The Bertz CT molecular complexity index is 147. The first-order chi connectivity index (χ1) is 5.54. The molecule has 0 aromatic carbocycles. The number of carbonyl (C=O) groups is 1. The summed E-state index contributed by atoms with van der Waals surface area (Å²) < 4.78 is 0. The average molecular weight is 167 g/mol. The third-order valence-electron chi connectivity index (χ3n) is 2.06. The predicted molar refractivity (Wildman–Crippen MR) is 52.1 cm³/mol. The van der Waals surface area contributed by atoms with Gasteiger partial charge in [-0.15, -0.1) is 0 Å². The van der Waals surface area contributed by atoms with Gasteiger partial charge in [-0.05, 0) is 12.5 Å². The largest absolute Gasteiger partial charge is 0.343 e. The van der Waals surface area contributed by atoms with Crippen LogP contribution in [-0.2, 0) is 4.79 Å². The SMILES string of the molecule is [B]N(C(C)C)C(CC)C(=O)CC. The van der Waals surface area contributed by atoms with E-state index >= 15 is 0 Å². The van der Waals surface area contributed by atoms with E-state index in [0.717, 1.165) is 6.42 Å². The van der Waals surface area contributed by atoms with Crippen LogP contribution in [0.15, 0.2) is 0 Å². The van der Waals surface area contributed by atoms with Crippen LogP contribution in [0.5, 0.6) is 0 Å². The average Bonchev–Trinajstić information content (AvgIpc) is 2.05. The number of rotatable bonds is 5. The maximum absolute atomic E-state index is 11.4. The predicted octanol–water partition coefficient (Wildman–Crippen LogP) is 1.54. The lowest BCUT2D eigenvalue weighted by molar-refractivity contribution is -0.122. The third-order valence-corrected chi connectivity index (χ3v) is 2.06. The maximum atomic E-state index is 11.4. The number of hydrogen-bond acceptors (Lipinski definition) is 2. The zero-order valence-corrected chi connectivity index (χ0v) is 8.50. The van der Waals surface area contributed by atoms with Crippen LogP contribution in [0.4, 0.5) is 0 Å². The summed E-state index contributed by atoms with van der Waals surface area (Å²) in [6, 6.07) is 0.125. The second-order valence-corrected chi connectivity index (χ2v) is 3.28. The molecule has 0 aliphatic heterocycles. The molecule has 0 fully saturated rings. The van der Waals surface area contributed by atoms with E-state index in [1.54, 1.807) is 4.81 Å². The summed E-state index contributed by atoms with van der Waals surface area (Å²) in [7, 11) is 5.76. The molecular formula is C9H18BNO. The molecular weight excluding hydrogens is 149 g/mol. The van der Waals surface area contributed by atoms with E-state index in [1.807, 2.05) is 27.7 Å². The number of carbonyl (C=O) groups excluding carboxylic acids is 1. The molecule has 0 aliphatic carbocycles. The van der Waals surface area contributed by atoms with Gasteiger partial charge in [0.1, 0.15) is 5.78 Å². The van der Waals surface area contributed by atoms with Crippen molar-refractivity contribution in [3.05, 3.63) is 0 Å². The van der Waals surface area contributed by atoms with E-state index in [0.29, 0.717) is 6.42 Å². The molecule has 2 radical (unpaired) electrons. The first-order valence-electron chi connectivity index (χ1n) is 4.60. The number of ketones is 1. The molecule has 0 spiro atoms. The summed E-state index contributed by atoms with van der Waals surface area (Å²) in [5.41, 5.74) is 0. The lowest BCUT2D eigenvalue weighted by Crippen LogP contribution is -2.42. The van der Waals surface area contributed by atoms with E-state index in [4.69, 9.17) is 7.98 Å². The number of nitrogens with zero attached hydrogens (tertiary/aromatic N) is 1. The van der Waals surface area contributed by atoms with Crippen LogP contribution >= 0.6 is 0 Å². The summed E-state index contributed by atoms with van der Waals surface area (Å²) in [4.78, 5) is 13.0. The Balaban J connectivity index is 4.23. The van der Waals surface area contributed by atoms with Crippen LogP contribution in [0.1, 0.15) is 40.5 Å². The van der Waals surface area contributed by atoms with Gasteiger partial charge in [0.25, 0.3) is 0 Å². The van der Waals surface area contributed by atoms with Crippen molar-refractivity contribution in [1.29, 1.82) is 0 Å². The highest BCUT2D eigenvalue weighted by molar-refractivity contribution is 6.07. The number of hydrogen-bond donors (Lipinski definition) is 0. The summed E-state index contributed by atoms with van der Waals surface area (Å²) in [5.74, 6) is 0.230. The molecule has 0 aliphatic rings. The second-order valence-electron chi connectivity index (χ2n) is 3.28. The molecule has 68 valence electrons. The second kappa shape index (κ2) is 5.36. The first-order valence-corrected chi connectivity index (χ1v) is 4.60. The highest BCUT2D eigenvalue weighted by Gasteiger charge is 2.20. The summed E-state index contributed by atoms with van der Waals surface area (Å²) in [5, 5.41) is 0. The third kappa shape index (κ3) is 2.98. The standard InChI is InChI=1S/C9H18BNO/c1-5-8(9(12)6-2)11(10)7(3)4/h7-8H,5-6H2,1-4H3. The fourth-order valence-electron chi connectivity index (χ4n) is 1.20.